The predicted molar refractivity (Wildman–Crippen MR) is 145 cm³/mol. The Balaban J connectivity index is 1.55. The highest BCUT2D eigenvalue weighted by Gasteiger charge is 2.21. The lowest BCUT2D eigenvalue weighted by Gasteiger charge is -2.22. The standard InChI is InChI=1S/C30H32N2O5/c1-18(2)29(21-10-8-7-9-11-21)37-30(33)32-23-12-13-25(20(4)19(23)3)36-26-14-15-31-24-17-28(35-6)27(34-5)16-22(24)26/h7-18,29H,1-6H3,(H,32,33). The van der Waals surface area contributed by atoms with Crippen LogP contribution in [-0.4, -0.2) is 25.3 Å². The number of fused-ring (bicyclic) bond motifs is 1. The minimum atomic E-state index is -0.500. The molecule has 3 aromatic carbocycles. The summed E-state index contributed by atoms with van der Waals surface area (Å²) in [5, 5.41) is 3.69. The maximum absolute atomic E-state index is 12.8. The summed E-state index contributed by atoms with van der Waals surface area (Å²) in [4.78, 5) is 17.2. The van der Waals surface area contributed by atoms with E-state index in [0.717, 1.165) is 27.6 Å². The molecule has 192 valence electrons. The van der Waals surface area contributed by atoms with Crippen molar-refractivity contribution in [1.82, 2.24) is 4.98 Å². The lowest BCUT2D eigenvalue weighted by atomic mass is 9.99. The van der Waals surface area contributed by atoms with Crippen LogP contribution < -0.4 is 19.5 Å². The molecule has 1 atom stereocenters. The van der Waals surface area contributed by atoms with Crippen LogP contribution in [0.15, 0.2) is 66.9 Å². The molecule has 0 radical (unpaired) electrons. The van der Waals surface area contributed by atoms with Gasteiger partial charge in [-0.2, -0.15) is 0 Å². The average molecular weight is 501 g/mol. The van der Waals surface area contributed by atoms with Crippen molar-refractivity contribution >= 4 is 22.7 Å². The van der Waals surface area contributed by atoms with Gasteiger partial charge in [0.15, 0.2) is 11.5 Å². The van der Waals surface area contributed by atoms with E-state index in [1.807, 2.05) is 88.4 Å². The number of nitrogens with zero attached hydrogens (tertiary/aromatic N) is 1. The first-order chi connectivity index (χ1) is 17.8. The van der Waals surface area contributed by atoms with Crippen LogP contribution in [0.5, 0.6) is 23.0 Å². The van der Waals surface area contributed by atoms with Gasteiger partial charge >= 0.3 is 6.09 Å². The number of hydrogen-bond donors (Lipinski definition) is 1. The first kappa shape index (κ1) is 25.8. The molecular weight excluding hydrogens is 468 g/mol. The van der Waals surface area contributed by atoms with Gasteiger partial charge in [0, 0.05) is 23.3 Å². The topological polar surface area (TPSA) is 78.9 Å². The molecule has 0 aliphatic heterocycles. The minimum Gasteiger partial charge on any atom is -0.493 e. The van der Waals surface area contributed by atoms with Crippen molar-refractivity contribution in [3.8, 4) is 23.0 Å². The molecule has 4 rings (SSSR count). The summed E-state index contributed by atoms with van der Waals surface area (Å²) in [6.07, 6.45) is 0.843. The molecule has 0 aliphatic carbocycles. The Morgan fingerprint density at radius 1 is 0.838 bits per heavy atom. The van der Waals surface area contributed by atoms with Crippen molar-refractivity contribution in [1.29, 1.82) is 0 Å². The van der Waals surface area contributed by atoms with E-state index in [2.05, 4.69) is 10.3 Å². The summed E-state index contributed by atoms with van der Waals surface area (Å²) < 4.78 is 23.0. The van der Waals surface area contributed by atoms with Crippen LogP contribution in [-0.2, 0) is 4.74 Å². The maximum Gasteiger partial charge on any atom is 0.412 e. The van der Waals surface area contributed by atoms with Crippen molar-refractivity contribution in [3.63, 3.8) is 0 Å². The third-order valence-corrected chi connectivity index (χ3v) is 6.37. The number of aromatic nitrogens is 1. The number of anilines is 1. The second-order valence-corrected chi connectivity index (χ2v) is 9.10. The minimum absolute atomic E-state index is 0.125. The molecule has 0 fully saturated rings. The summed E-state index contributed by atoms with van der Waals surface area (Å²) in [6.45, 7) is 7.95. The summed E-state index contributed by atoms with van der Waals surface area (Å²) in [5.74, 6) is 2.62. The summed E-state index contributed by atoms with van der Waals surface area (Å²) in [6, 6.07) is 18.9. The van der Waals surface area contributed by atoms with E-state index < -0.39 is 6.09 Å². The van der Waals surface area contributed by atoms with Gasteiger partial charge in [-0.15, -0.1) is 0 Å². The molecule has 0 bridgehead atoms. The highest BCUT2D eigenvalue weighted by molar-refractivity contribution is 5.89. The zero-order valence-corrected chi connectivity index (χ0v) is 22.0. The van der Waals surface area contributed by atoms with Crippen LogP contribution in [0.25, 0.3) is 10.9 Å². The number of carbonyl (C=O) groups excluding carboxylic acids is 1. The Kier molecular flexibility index (Phi) is 7.82. The van der Waals surface area contributed by atoms with E-state index in [9.17, 15) is 4.79 Å². The van der Waals surface area contributed by atoms with E-state index in [4.69, 9.17) is 18.9 Å². The first-order valence-corrected chi connectivity index (χ1v) is 12.1. The Morgan fingerprint density at radius 2 is 1.54 bits per heavy atom. The van der Waals surface area contributed by atoms with E-state index in [0.29, 0.717) is 28.7 Å². The average Bonchev–Trinajstić information content (AvgIpc) is 2.91. The maximum atomic E-state index is 12.8. The number of rotatable bonds is 8. The lowest BCUT2D eigenvalue weighted by Crippen LogP contribution is -2.21. The van der Waals surface area contributed by atoms with E-state index in [1.165, 1.54) is 0 Å². The number of pyridine rings is 1. The highest BCUT2D eigenvalue weighted by Crippen LogP contribution is 2.38. The molecule has 7 heteroatoms. The van der Waals surface area contributed by atoms with Crippen molar-refractivity contribution < 1.29 is 23.7 Å². The van der Waals surface area contributed by atoms with Gasteiger partial charge < -0.3 is 18.9 Å². The summed E-state index contributed by atoms with van der Waals surface area (Å²) in [7, 11) is 3.18. The SMILES string of the molecule is COc1cc2nccc(Oc3ccc(NC(=O)OC(c4ccccc4)C(C)C)c(C)c3C)c2cc1OC. The molecule has 0 aliphatic rings. The molecule has 1 N–H and O–H groups in total. The molecule has 4 aromatic rings. The van der Waals surface area contributed by atoms with Gasteiger partial charge in [0.2, 0.25) is 0 Å². The number of nitrogens with one attached hydrogen (secondary N) is 1. The van der Waals surface area contributed by atoms with Crippen molar-refractivity contribution in [2.75, 3.05) is 19.5 Å². The largest absolute Gasteiger partial charge is 0.493 e. The van der Waals surface area contributed by atoms with E-state index in [-0.39, 0.29) is 12.0 Å². The van der Waals surface area contributed by atoms with Crippen LogP contribution in [0.1, 0.15) is 36.6 Å². The van der Waals surface area contributed by atoms with Crippen LogP contribution in [0.2, 0.25) is 0 Å². The fraction of sp³-hybridized carbons (Fsp3) is 0.267. The molecule has 0 saturated heterocycles. The van der Waals surface area contributed by atoms with Crippen LogP contribution in [0.4, 0.5) is 10.5 Å². The van der Waals surface area contributed by atoms with Gasteiger partial charge in [-0.05, 0) is 60.7 Å². The molecular formula is C30H32N2O5. The van der Waals surface area contributed by atoms with Gasteiger partial charge in [-0.3, -0.25) is 10.3 Å². The van der Waals surface area contributed by atoms with Crippen LogP contribution >= 0.6 is 0 Å². The van der Waals surface area contributed by atoms with Gasteiger partial charge in [0.05, 0.1) is 19.7 Å². The number of ether oxygens (including phenoxy) is 4. The molecule has 7 nitrogen and oxygen atoms in total. The number of hydrogen-bond acceptors (Lipinski definition) is 6. The molecule has 37 heavy (non-hydrogen) atoms. The van der Waals surface area contributed by atoms with Gasteiger partial charge in [0.1, 0.15) is 17.6 Å². The fourth-order valence-electron chi connectivity index (χ4n) is 4.18. The van der Waals surface area contributed by atoms with Gasteiger partial charge in [0.25, 0.3) is 0 Å². The summed E-state index contributed by atoms with van der Waals surface area (Å²) in [5.41, 5.74) is 4.13. The van der Waals surface area contributed by atoms with Crippen molar-refractivity contribution in [3.05, 3.63) is 83.6 Å². The van der Waals surface area contributed by atoms with Crippen molar-refractivity contribution in [2.24, 2.45) is 5.92 Å². The number of benzene rings is 3. The zero-order valence-electron chi connectivity index (χ0n) is 22.0. The van der Waals surface area contributed by atoms with Gasteiger partial charge in [-0.25, -0.2) is 4.79 Å². The monoisotopic (exact) mass is 500 g/mol. The van der Waals surface area contributed by atoms with Crippen LogP contribution in [0, 0.1) is 19.8 Å². The molecule has 0 spiro atoms. The lowest BCUT2D eigenvalue weighted by molar-refractivity contribution is 0.0821. The Labute approximate surface area is 217 Å². The number of amides is 1. The number of methoxy groups -OCH3 is 2. The first-order valence-electron chi connectivity index (χ1n) is 12.1. The fourth-order valence-corrected chi connectivity index (χ4v) is 4.18. The predicted octanol–water partition coefficient (Wildman–Crippen LogP) is 7.61. The molecule has 1 amide bonds. The Bertz CT molecular complexity index is 1400. The smallest absolute Gasteiger partial charge is 0.412 e. The Hall–Kier alpha value is -4.26. The molecule has 1 heterocycles. The third-order valence-electron chi connectivity index (χ3n) is 6.37. The molecule has 1 unspecified atom stereocenters. The Morgan fingerprint density at radius 3 is 2.22 bits per heavy atom. The highest BCUT2D eigenvalue weighted by atomic mass is 16.6. The quantitative estimate of drug-likeness (QED) is 0.268. The number of carbonyl (C=O) groups is 1. The van der Waals surface area contributed by atoms with Gasteiger partial charge in [-0.1, -0.05) is 44.2 Å². The van der Waals surface area contributed by atoms with Crippen molar-refractivity contribution in [2.45, 2.75) is 33.8 Å². The van der Waals surface area contributed by atoms with E-state index in [1.54, 1.807) is 20.4 Å². The molecule has 0 saturated carbocycles. The zero-order chi connectivity index (χ0) is 26.5. The molecule has 1 aromatic heterocycles. The summed E-state index contributed by atoms with van der Waals surface area (Å²) >= 11 is 0. The third kappa shape index (κ3) is 5.61. The van der Waals surface area contributed by atoms with E-state index >= 15 is 0 Å². The van der Waals surface area contributed by atoms with Crippen LogP contribution in [0.3, 0.4) is 0 Å². The second kappa shape index (κ2) is 11.2. The second-order valence-electron chi connectivity index (χ2n) is 9.10. The normalized spacial score (nSPS) is 11.8.